The van der Waals surface area contributed by atoms with Crippen LogP contribution >= 0.6 is 0 Å². The van der Waals surface area contributed by atoms with Crippen molar-refractivity contribution in [3.05, 3.63) is 35.9 Å². The fraction of sp³-hybridized carbons (Fsp3) is 0.500. The average molecular weight is 263 g/mol. The second kappa shape index (κ2) is 5.28. The minimum atomic E-state index is -0.434. The number of hydrogen-bond acceptors (Lipinski definition) is 5. The first kappa shape index (κ1) is 12.6. The normalized spacial score (nSPS) is 37.0. The Bertz CT molecular complexity index is 462. The predicted molar refractivity (Wildman–Crippen MR) is 68.2 cm³/mol. The second-order valence-electron chi connectivity index (χ2n) is 4.91. The number of fused-ring (bicyclic) bond motifs is 1. The first-order valence-electron chi connectivity index (χ1n) is 6.46. The minimum Gasteiger partial charge on any atom is -0.411 e. The molecule has 4 atom stereocenters. The van der Waals surface area contributed by atoms with Crippen LogP contribution in [0.3, 0.4) is 0 Å². The molecule has 2 saturated heterocycles. The Balaban J connectivity index is 1.78. The summed E-state index contributed by atoms with van der Waals surface area (Å²) in [6, 6.07) is 9.73. The molecular formula is C14H17NO4. The third kappa shape index (κ3) is 2.49. The third-order valence-corrected chi connectivity index (χ3v) is 3.45. The fourth-order valence-corrected chi connectivity index (χ4v) is 2.57. The topological polar surface area (TPSA) is 60.3 Å². The van der Waals surface area contributed by atoms with Gasteiger partial charge in [0, 0.05) is 12.0 Å². The van der Waals surface area contributed by atoms with E-state index in [2.05, 4.69) is 5.16 Å². The summed E-state index contributed by atoms with van der Waals surface area (Å²) in [6.07, 6.45) is -0.363. The van der Waals surface area contributed by atoms with Gasteiger partial charge in [0.1, 0.15) is 12.2 Å². The van der Waals surface area contributed by atoms with Crippen molar-refractivity contribution in [1.82, 2.24) is 0 Å². The Morgan fingerprint density at radius 3 is 2.74 bits per heavy atom. The van der Waals surface area contributed by atoms with Gasteiger partial charge in [-0.3, -0.25) is 0 Å². The van der Waals surface area contributed by atoms with Gasteiger partial charge in [0.05, 0.1) is 18.4 Å². The van der Waals surface area contributed by atoms with Crippen LogP contribution in [0.1, 0.15) is 25.2 Å². The van der Waals surface area contributed by atoms with Crippen molar-refractivity contribution >= 4 is 5.71 Å². The van der Waals surface area contributed by atoms with Gasteiger partial charge in [-0.2, -0.15) is 0 Å². The summed E-state index contributed by atoms with van der Waals surface area (Å²) in [6.45, 7) is 2.39. The second-order valence-corrected chi connectivity index (χ2v) is 4.91. The molecule has 0 aromatic heterocycles. The SMILES string of the molecule is C[C@H]1C/C(=N/O)[C@H]2O[C@@H](c3ccccc3)OC[C@@H]2O1. The van der Waals surface area contributed by atoms with Gasteiger partial charge in [-0.1, -0.05) is 35.5 Å². The van der Waals surface area contributed by atoms with Gasteiger partial charge in [0.15, 0.2) is 6.29 Å². The highest BCUT2D eigenvalue weighted by atomic mass is 16.7. The molecule has 2 fully saturated rings. The molecule has 3 rings (SSSR count). The lowest BCUT2D eigenvalue weighted by molar-refractivity contribution is -0.261. The lowest BCUT2D eigenvalue weighted by Crippen LogP contribution is -2.52. The van der Waals surface area contributed by atoms with Crippen LogP contribution in [-0.4, -0.2) is 35.8 Å². The summed E-state index contributed by atoms with van der Waals surface area (Å²) >= 11 is 0. The Hall–Kier alpha value is -1.43. The molecule has 5 nitrogen and oxygen atoms in total. The molecule has 0 unspecified atom stereocenters. The summed E-state index contributed by atoms with van der Waals surface area (Å²) in [5.41, 5.74) is 1.59. The molecule has 0 saturated carbocycles. The number of rotatable bonds is 1. The zero-order valence-corrected chi connectivity index (χ0v) is 10.7. The molecule has 0 aliphatic carbocycles. The number of benzene rings is 1. The highest BCUT2D eigenvalue weighted by Gasteiger charge is 2.41. The van der Waals surface area contributed by atoms with Gasteiger partial charge >= 0.3 is 0 Å². The van der Waals surface area contributed by atoms with Crippen molar-refractivity contribution in [2.24, 2.45) is 5.16 Å². The summed E-state index contributed by atoms with van der Waals surface area (Å²) in [4.78, 5) is 0. The Morgan fingerprint density at radius 2 is 2.00 bits per heavy atom. The van der Waals surface area contributed by atoms with Gasteiger partial charge in [0.25, 0.3) is 0 Å². The predicted octanol–water partition coefficient (Wildman–Crippen LogP) is 2.11. The van der Waals surface area contributed by atoms with Crippen LogP contribution in [0.5, 0.6) is 0 Å². The standard InChI is InChI=1S/C14H17NO4/c1-9-7-11(15-16)13-12(18-9)8-17-14(19-13)10-5-3-2-4-6-10/h2-6,9,12-14,16H,7-8H2,1H3/b15-11-/t9-,12-,13+,14-/m0/s1. The van der Waals surface area contributed by atoms with E-state index in [1.807, 2.05) is 37.3 Å². The maximum absolute atomic E-state index is 9.12. The van der Waals surface area contributed by atoms with E-state index in [0.29, 0.717) is 18.7 Å². The highest BCUT2D eigenvalue weighted by molar-refractivity contribution is 5.90. The average Bonchev–Trinajstić information content (AvgIpc) is 2.46. The Kier molecular flexibility index (Phi) is 3.50. The van der Waals surface area contributed by atoms with Crippen molar-refractivity contribution in [3.8, 4) is 0 Å². The van der Waals surface area contributed by atoms with Crippen molar-refractivity contribution in [1.29, 1.82) is 0 Å². The van der Waals surface area contributed by atoms with Crippen molar-refractivity contribution < 1.29 is 19.4 Å². The van der Waals surface area contributed by atoms with Crippen LogP contribution in [0.2, 0.25) is 0 Å². The van der Waals surface area contributed by atoms with Gasteiger partial charge in [0.2, 0.25) is 0 Å². The zero-order chi connectivity index (χ0) is 13.2. The molecule has 1 aromatic carbocycles. The molecule has 0 amide bonds. The smallest absolute Gasteiger partial charge is 0.184 e. The summed E-state index contributed by atoms with van der Waals surface area (Å²) < 4.78 is 17.3. The molecule has 0 spiro atoms. The van der Waals surface area contributed by atoms with E-state index < -0.39 is 6.29 Å². The maximum Gasteiger partial charge on any atom is 0.184 e. The molecular weight excluding hydrogens is 246 g/mol. The Morgan fingerprint density at radius 1 is 1.21 bits per heavy atom. The van der Waals surface area contributed by atoms with Gasteiger partial charge < -0.3 is 19.4 Å². The van der Waals surface area contributed by atoms with Crippen LogP contribution in [-0.2, 0) is 14.2 Å². The Labute approximate surface area is 111 Å². The molecule has 5 heteroatoms. The van der Waals surface area contributed by atoms with E-state index in [0.717, 1.165) is 5.56 Å². The zero-order valence-electron chi connectivity index (χ0n) is 10.7. The van der Waals surface area contributed by atoms with E-state index in [1.165, 1.54) is 0 Å². The van der Waals surface area contributed by atoms with Crippen molar-refractivity contribution in [2.75, 3.05) is 6.61 Å². The minimum absolute atomic E-state index is 0.0209. The van der Waals surface area contributed by atoms with E-state index in [-0.39, 0.29) is 18.3 Å². The molecule has 1 N–H and O–H groups in total. The first-order chi connectivity index (χ1) is 9.28. The molecule has 2 heterocycles. The molecule has 19 heavy (non-hydrogen) atoms. The molecule has 102 valence electrons. The molecule has 2 aliphatic rings. The highest BCUT2D eigenvalue weighted by Crippen LogP contribution is 2.32. The molecule has 2 aliphatic heterocycles. The van der Waals surface area contributed by atoms with E-state index in [4.69, 9.17) is 19.4 Å². The van der Waals surface area contributed by atoms with Crippen molar-refractivity contribution in [3.63, 3.8) is 0 Å². The number of oxime groups is 1. The monoisotopic (exact) mass is 263 g/mol. The van der Waals surface area contributed by atoms with Gasteiger partial charge in [-0.25, -0.2) is 0 Å². The lowest BCUT2D eigenvalue weighted by atomic mass is 9.98. The number of nitrogens with zero attached hydrogens (tertiary/aromatic N) is 1. The first-order valence-corrected chi connectivity index (χ1v) is 6.46. The number of hydrogen-bond donors (Lipinski definition) is 1. The van der Waals surface area contributed by atoms with E-state index in [9.17, 15) is 0 Å². The lowest BCUT2D eigenvalue weighted by Gasteiger charge is -2.41. The maximum atomic E-state index is 9.12. The van der Waals surface area contributed by atoms with Crippen LogP contribution in [0.15, 0.2) is 35.5 Å². The van der Waals surface area contributed by atoms with E-state index in [1.54, 1.807) is 0 Å². The summed E-state index contributed by atoms with van der Waals surface area (Å²) in [7, 11) is 0. The van der Waals surface area contributed by atoms with Crippen LogP contribution < -0.4 is 0 Å². The number of ether oxygens (including phenoxy) is 3. The third-order valence-electron chi connectivity index (χ3n) is 3.45. The quantitative estimate of drug-likeness (QED) is 0.622. The van der Waals surface area contributed by atoms with E-state index >= 15 is 0 Å². The van der Waals surface area contributed by atoms with Gasteiger partial charge in [-0.05, 0) is 6.92 Å². The fourth-order valence-electron chi connectivity index (χ4n) is 2.57. The van der Waals surface area contributed by atoms with Crippen molar-refractivity contribution in [2.45, 2.75) is 37.9 Å². The molecule has 1 aromatic rings. The van der Waals surface area contributed by atoms with Crippen LogP contribution in [0.25, 0.3) is 0 Å². The summed E-state index contributed by atoms with van der Waals surface area (Å²) in [5.74, 6) is 0. The molecule has 0 radical (unpaired) electrons. The molecule has 0 bridgehead atoms. The van der Waals surface area contributed by atoms with Gasteiger partial charge in [-0.15, -0.1) is 0 Å². The largest absolute Gasteiger partial charge is 0.411 e. The van der Waals surface area contributed by atoms with Crippen LogP contribution in [0, 0.1) is 0 Å². The van der Waals surface area contributed by atoms with Crippen LogP contribution in [0.4, 0.5) is 0 Å². The summed E-state index contributed by atoms with van der Waals surface area (Å²) in [5, 5.41) is 12.5.